The zero-order valence-electron chi connectivity index (χ0n) is 14.5. The van der Waals surface area contributed by atoms with Crippen LogP contribution in [0.4, 0.5) is 0 Å². The zero-order chi connectivity index (χ0) is 19.2. The highest BCUT2D eigenvalue weighted by molar-refractivity contribution is 9.10. The molecule has 0 atom stereocenters. The number of hydrogen-bond donors (Lipinski definition) is 2. The lowest BCUT2D eigenvalue weighted by Gasteiger charge is -2.28. The van der Waals surface area contributed by atoms with Crippen molar-refractivity contribution in [3.63, 3.8) is 0 Å². The van der Waals surface area contributed by atoms with Crippen LogP contribution in [-0.2, 0) is 4.79 Å². The van der Waals surface area contributed by atoms with Crippen LogP contribution >= 0.6 is 27.5 Å². The number of amides is 2. The number of carbonyl (C=O) groups excluding carboxylic acids is 2. The van der Waals surface area contributed by atoms with Gasteiger partial charge in [-0.3, -0.25) is 9.59 Å². The molecule has 1 heterocycles. The molecule has 2 amide bonds. The Morgan fingerprint density at radius 3 is 2.41 bits per heavy atom. The number of nitrogens with zero attached hydrogens (tertiary/aromatic N) is 1. The molecule has 0 unspecified atom stereocenters. The largest absolute Gasteiger partial charge is 0.335 e. The van der Waals surface area contributed by atoms with E-state index >= 15 is 0 Å². The van der Waals surface area contributed by atoms with Crippen LogP contribution in [0.25, 0.3) is 6.08 Å². The normalized spacial score (nSPS) is 14.7. The zero-order valence-corrected chi connectivity index (χ0v) is 16.9. The summed E-state index contributed by atoms with van der Waals surface area (Å²) in [4.78, 5) is 27.4. The fourth-order valence-electron chi connectivity index (χ4n) is 2.75. The van der Waals surface area contributed by atoms with Crippen LogP contribution < -0.4 is 10.6 Å². The lowest BCUT2D eigenvalue weighted by Crippen LogP contribution is -2.48. The second-order valence-electron chi connectivity index (χ2n) is 6.09. The van der Waals surface area contributed by atoms with Gasteiger partial charge < -0.3 is 15.5 Å². The average Bonchev–Trinajstić information content (AvgIpc) is 2.69. The minimum absolute atomic E-state index is 0.208. The first-order chi connectivity index (χ1) is 13.0. The monoisotopic (exact) mass is 447 g/mol. The van der Waals surface area contributed by atoms with E-state index < -0.39 is 5.91 Å². The highest BCUT2D eigenvalue weighted by Gasteiger charge is 2.22. The van der Waals surface area contributed by atoms with Gasteiger partial charge in [0, 0.05) is 30.7 Å². The number of benzene rings is 2. The smallest absolute Gasteiger partial charge is 0.270 e. The Labute approximate surface area is 171 Å². The molecule has 2 N–H and O–H groups in total. The summed E-state index contributed by atoms with van der Waals surface area (Å²) in [6.07, 6.45) is 1.69. The summed E-state index contributed by atoms with van der Waals surface area (Å²) in [7, 11) is 0. The molecule has 0 aliphatic carbocycles. The molecule has 1 fully saturated rings. The van der Waals surface area contributed by atoms with Gasteiger partial charge in [0.25, 0.3) is 11.8 Å². The second kappa shape index (κ2) is 9.17. The minimum atomic E-state index is -0.410. The maximum atomic E-state index is 13.0. The molecule has 1 saturated heterocycles. The van der Waals surface area contributed by atoms with E-state index in [9.17, 15) is 9.59 Å². The Balaban J connectivity index is 1.89. The standard InChI is InChI=1S/C20H19BrClN3O2/c21-15-7-5-14(6-8-15)13-18(20(27)25-11-9-23-10-12-25)24-19(26)16-3-1-2-4-17(16)22/h1-8,13,23H,9-12H2,(H,24,26)/b18-13+. The van der Waals surface area contributed by atoms with Crippen molar-refractivity contribution in [2.45, 2.75) is 0 Å². The highest BCUT2D eigenvalue weighted by Crippen LogP contribution is 2.17. The molecule has 0 spiro atoms. The van der Waals surface area contributed by atoms with Crippen LogP contribution in [0, 0.1) is 0 Å². The van der Waals surface area contributed by atoms with E-state index in [2.05, 4.69) is 26.6 Å². The molecule has 27 heavy (non-hydrogen) atoms. The van der Waals surface area contributed by atoms with Gasteiger partial charge in [-0.1, -0.05) is 51.8 Å². The van der Waals surface area contributed by atoms with E-state index in [0.717, 1.165) is 23.1 Å². The maximum absolute atomic E-state index is 13.0. The van der Waals surface area contributed by atoms with Crippen LogP contribution in [0.1, 0.15) is 15.9 Å². The van der Waals surface area contributed by atoms with E-state index in [1.54, 1.807) is 35.2 Å². The van der Waals surface area contributed by atoms with Gasteiger partial charge >= 0.3 is 0 Å². The summed E-state index contributed by atoms with van der Waals surface area (Å²) >= 11 is 9.51. The molecule has 5 nitrogen and oxygen atoms in total. The van der Waals surface area contributed by atoms with Crippen molar-refractivity contribution in [2.75, 3.05) is 26.2 Å². The molecule has 1 aliphatic heterocycles. The fourth-order valence-corrected chi connectivity index (χ4v) is 3.24. The summed E-state index contributed by atoms with van der Waals surface area (Å²) in [5.41, 5.74) is 1.37. The van der Waals surface area contributed by atoms with E-state index in [1.165, 1.54) is 0 Å². The van der Waals surface area contributed by atoms with Gasteiger partial charge in [0.1, 0.15) is 5.70 Å². The Morgan fingerprint density at radius 1 is 1.07 bits per heavy atom. The molecule has 2 aromatic carbocycles. The molecule has 0 aromatic heterocycles. The number of hydrogen-bond acceptors (Lipinski definition) is 3. The number of carbonyl (C=O) groups is 2. The molecular weight excluding hydrogens is 430 g/mol. The Morgan fingerprint density at radius 2 is 1.74 bits per heavy atom. The SMILES string of the molecule is O=C(N/C(=C/c1ccc(Br)cc1)C(=O)N1CCNCC1)c1ccccc1Cl. The molecule has 7 heteroatoms. The summed E-state index contributed by atoms with van der Waals surface area (Å²) < 4.78 is 0.940. The summed E-state index contributed by atoms with van der Waals surface area (Å²) in [6, 6.07) is 14.3. The lowest BCUT2D eigenvalue weighted by molar-refractivity contribution is -0.127. The minimum Gasteiger partial charge on any atom is -0.335 e. The van der Waals surface area contributed by atoms with Crippen molar-refractivity contribution in [1.82, 2.24) is 15.5 Å². The first kappa shape index (κ1) is 19.6. The first-order valence-corrected chi connectivity index (χ1v) is 9.75. The van der Waals surface area contributed by atoms with Gasteiger partial charge in [-0.15, -0.1) is 0 Å². The van der Waals surface area contributed by atoms with Gasteiger partial charge in [0.2, 0.25) is 0 Å². The van der Waals surface area contributed by atoms with Crippen LogP contribution in [0.15, 0.2) is 58.7 Å². The number of halogens is 2. The van der Waals surface area contributed by atoms with Crippen molar-refractivity contribution < 1.29 is 9.59 Å². The Bertz CT molecular complexity index is 862. The van der Waals surface area contributed by atoms with Crippen LogP contribution in [0.3, 0.4) is 0 Å². The number of piperazine rings is 1. The fraction of sp³-hybridized carbons (Fsp3) is 0.200. The topological polar surface area (TPSA) is 61.4 Å². The predicted octanol–water partition coefficient (Wildman–Crippen LogP) is 3.31. The molecule has 0 saturated carbocycles. The third-order valence-corrected chi connectivity index (χ3v) is 5.04. The van der Waals surface area contributed by atoms with Crippen molar-refractivity contribution in [3.8, 4) is 0 Å². The van der Waals surface area contributed by atoms with Gasteiger partial charge in [-0.2, -0.15) is 0 Å². The second-order valence-corrected chi connectivity index (χ2v) is 7.41. The van der Waals surface area contributed by atoms with E-state index in [0.29, 0.717) is 23.7 Å². The first-order valence-electron chi connectivity index (χ1n) is 8.58. The summed E-state index contributed by atoms with van der Waals surface area (Å²) in [5, 5.41) is 6.30. The van der Waals surface area contributed by atoms with E-state index in [4.69, 9.17) is 11.6 Å². The molecule has 1 aliphatic rings. The summed E-state index contributed by atoms with van der Waals surface area (Å²) in [5.74, 6) is -0.618. The van der Waals surface area contributed by atoms with Crippen molar-refractivity contribution in [2.24, 2.45) is 0 Å². The lowest BCUT2D eigenvalue weighted by atomic mass is 10.1. The molecule has 0 radical (unpaired) electrons. The van der Waals surface area contributed by atoms with Gasteiger partial charge in [0.15, 0.2) is 0 Å². The summed E-state index contributed by atoms with van der Waals surface area (Å²) in [6.45, 7) is 2.66. The molecule has 2 aromatic rings. The van der Waals surface area contributed by atoms with Crippen molar-refractivity contribution in [1.29, 1.82) is 0 Å². The van der Waals surface area contributed by atoms with E-state index in [1.807, 2.05) is 24.3 Å². The van der Waals surface area contributed by atoms with Gasteiger partial charge in [-0.25, -0.2) is 0 Å². The van der Waals surface area contributed by atoms with Crippen LogP contribution in [0.5, 0.6) is 0 Å². The quantitative estimate of drug-likeness (QED) is 0.706. The number of rotatable bonds is 4. The third-order valence-electron chi connectivity index (χ3n) is 4.18. The highest BCUT2D eigenvalue weighted by atomic mass is 79.9. The molecule has 0 bridgehead atoms. The third kappa shape index (κ3) is 5.19. The predicted molar refractivity (Wildman–Crippen MR) is 110 cm³/mol. The Kier molecular flexibility index (Phi) is 6.66. The molecule has 140 valence electrons. The average molecular weight is 449 g/mol. The van der Waals surface area contributed by atoms with Gasteiger partial charge in [0.05, 0.1) is 10.6 Å². The number of nitrogens with one attached hydrogen (secondary N) is 2. The Hall–Kier alpha value is -2.15. The van der Waals surface area contributed by atoms with Crippen molar-refractivity contribution >= 4 is 45.4 Å². The van der Waals surface area contributed by atoms with Crippen molar-refractivity contribution in [3.05, 3.63) is 74.9 Å². The molecule has 3 rings (SSSR count). The maximum Gasteiger partial charge on any atom is 0.270 e. The van der Waals surface area contributed by atoms with Gasteiger partial charge in [-0.05, 0) is 35.9 Å². The van der Waals surface area contributed by atoms with Crippen LogP contribution in [-0.4, -0.2) is 42.9 Å². The van der Waals surface area contributed by atoms with Crippen LogP contribution in [0.2, 0.25) is 5.02 Å². The van der Waals surface area contributed by atoms with E-state index in [-0.39, 0.29) is 11.6 Å². The molecular formula is C20H19BrClN3O2.